The van der Waals surface area contributed by atoms with Crippen LogP contribution in [0.4, 0.5) is 4.79 Å². The summed E-state index contributed by atoms with van der Waals surface area (Å²) >= 11 is 0. The molecule has 0 aliphatic carbocycles. The van der Waals surface area contributed by atoms with E-state index in [0.29, 0.717) is 11.0 Å². The number of hydrogen-bond donors (Lipinski definition) is 2. The molecular formula is C25H21NO7. The van der Waals surface area contributed by atoms with Gasteiger partial charge in [0, 0.05) is 12.1 Å². The number of nitrogens with one attached hydrogen (secondary N) is 1. The zero-order chi connectivity index (χ0) is 23.4. The number of carbonyl (C=O) groups excluding carboxylic acids is 2. The number of hydrogen-bond acceptors (Lipinski definition) is 7. The van der Waals surface area contributed by atoms with E-state index in [2.05, 4.69) is 5.32 Å². The highest BCUT2D eigenvalue weighted by atomic mass is 16.6. The number of phenolic OH excluding ortho intramolecular Hbond substituents is 1. The summed E-state index contributed by atoms with van der Waals surface area (Å²) in [4.78, 5) is 37.4. The van der Waals surface area contributed by atoms with Crippen LogP contribution in [0.2, 0.25) is 0 Å². The number of amides is 1. The van der Waals surface area contributed by atoms with Crippen LogP contribution in [0, 0.1) is 0 Å². The van der Waals surface area contributed by atoms with Crippen LogP contribution in [-0.2, 0) is 16.1 Å². The Morgan fingerprint density at radius 3 is 2.52 bits per heavy atom. The molecule has 168 valence electrons. The molecule has 1 atom stereocenters. The largest absolute Gasteiger partial charge is 0.507 e. The fraction of sp³-hybridized carbons (Fsp3) is 0.160. The number of aromatic hydroxyl groups is 1. The predicted octanol–water partition coefficient (Wildman–Crippen LogP) is 4.26. The summed E-state index contributed by atoms with van der Waals surface area (Å²) in [6.07, 6.45) is -0.514. The van der Waals surface area contributed by atoms with Crippen molar-refractivity contribution >= 4 is 34.0 Å². The van der Waals surface area contributed by atoms with Gasteiger partial charge < -0.3 is 24.3 Å². The maximum Gasteiger partial charge on any atom is 0.408 e. The molecule has 1 unspecified atom stereocenters. The van der Waals surface area contributed by atoms with E-state index in [-0.39, 0.29) is 35.5 Å². The van der Waals surface area contributed by atoms with E-state index in [9.17, 15) is 19.5 Å². The molecule has 0 fully saturated rings. The van der Waals surface area contributed by atoms with Gasteiger partial charge in [-0.3, -0.25) is 4.79 Å². The van der Waals surface area contributed by atoms with Crippen molar-refractivity contribution in [3.05, 3.63) is 82.5 Å². The first kappa shape index (κ1) is 21.9. The summed E-state index contributed by atoms with van der Waals surface area (Å²) < 4.78 is 16.2. The first-order valence-corrected chi connectivity index (χ1v) is 10.3. The number of fused-ring (bicyclic) bond motifs is 2. The van der Waals surface area contributed by atoms with Gasteiger partial charge in [0.05, 0.1) is 5.39 Å². The van der Waals surface area contributed by atoms with Crippen LogP contribution in [0.5, 0.6) is 11.5 Å². The van der Waals surface area contributed by atoms with Crippen LogP contribution in [0.1, 0.15) is 18.9 Å². The molecule has 1 amide bonds. The Labute approximate surface area is 188 Å². The Morgan fingerprint density at radius 2 is 1.76 bits per heavy atom. The van der Waals surface area contributed by atoms with Crippen molar-refractivity contribution in [1.82, 2.24) is 5.32 Å². The van der Waals surface area contributed by atoms with E-state index in [0.717, 1.165) is 11.6 Å². The second-order valence-electron chi connectivity index (χ2n) is 7.33. The maximum absolute atomic E-state index is 12.7. The monoisotopic (exact) mass is 447 g/mol. The standard InChI is InChI=1S/C25H21NO7/c1-2-18(26-25(30)31-14-15-8-4-3-5-9-15)24(29)32-16-12-19(27)22-21(13-16)33-20-11-7-6-10-17(20)23(22)28/h3-13,18,27H,2,14H2,1H3,(H,26,30). The van der Waals surface area contributed by atoms with Crippen molar-refractivity contribution in [2.75, 3.05) is 0 Å². The summed E-state index contributed by atoms with van der Waals surface area (Å²) in [7, 11) is 0. The van der Waals surface area contributed by atoms with E-state index in [4.69, 9.17) is 13.9 Å². The summed E-state index contributed by atoms with van der Waals surface area (Å²) in [5.41, 5.74) is 0.831. The Balaban J connectivity index is 1.49. The van der Waals surface area contributed by atoms with Crippen LogP contribution < -0.4 is 15.5 Å². The molecule has 0 saturated heterocycles. The minimum atomic E-state index is -0.977. The lowest BCUT2D eigenvalue weighted by molar-refractivity contribution is -0.136. The van der Waals surface area contributed by atoms with Gasteiger partial charge in [0.2, 0.25) is 5.43 Å². The number of para-hydroxylation sites is 1. The fourth-order valence-electron chi connectivity index (χ4n) is 3.36. The highest BCUT2D eigenvalue weighted by Gasteiger charge is 2.23. The predicted molar refractivity (Wildman–Crippen MR) is 121 cm³/mol. The van der Waals surface area contributed by atoms with Gasteiger partial charge in [0.25, 0.3) is 0 Å². The zero-order valence-electron chi connectivity index (χ0n) is 17.7. The Bertz CT molecular complexity index is 1380. The average Bonchev–Trinajstić information content (AvgIpc) is 2.81. The number of carbonyl (C=O) groups is 2. The molecule has 8 nitrogen and oxygen atoms in total. The van der Waals surface area contributed by atoms with Gasteiger partial charge in [-0.1, -0.05) is 49.4 Å². The zero-order valence-corrected chi connectivity index (χ0v) is 17.7. The Kier molecular flexibility index (Phi) is 6.26. The molecule has 33 heavy (non-hydrogen) atoms. The average molecular weight is 447 g/mol. The van der Waals surface area contributed by atoms with Crippen molar-refractivity contribution in [2.24, 2.45) is 0 Å². The van der Waals surface area contributed by atoms with E-state index < -0.39 is 23.5 Å². The lowest BCUT2D eigenvalue weighted by atomic mass is 10.1. The normalized spacial score (nSPS) is 11.8. The third kappa shape index (κ3) is 4.79. The third-order valence-corrected chi connectivity index (χ3v) is 5.05. The maximum atomic E-state index is 12.7. The van der Waals surface area contributed by atoms with Gasteiger partial charge in [0.1, 0.15) is 40.7 Å². The molecule has 0 bridgehead atoms. The lowest BCUT2D eigenvalue weighted by Gasteiger charge is -2.16. The second-order valence-corrected chi connectivity index (χ2v) is 7.33. The Morgan fingerprint density at radius 1 is 1.03 bits per heavy atom. The van der Waals surface area contributed by atoms with Crippen molar-refractivity contribution in [3.8, 4) is 11.5 Å². The molecule has 0 spiro atoms. The van der Waals surface area contributed by atoms with Crippen molar-refractivity contribution in [1.29, 1.82) is 0 Å². The summed E-state index contributed by atoms with van der Waals surface area (Å²) in [5, 5.41) is 13.2. The Hall–Kier alpha value is -4.33. The number of alkyl carbamates (subject to hydrolysis) is 1. The number of ether oxygens (including phenoxy) is 2. The first-order valence-electron chi connectivity index (χ1n) is 10.3. The molecular weight excluding hydrogens is 426 g/mol. The molecule has 0 radical (unpaired) electrons. The second kappa shape index (κ2) is 9.44. The quantitative estimate of drug-likeness (QED) is 0.258. The number of esters is 1. The molecule has 0 aliphatic heterocycles. The van der Waals surface area contributed by atoms with Gasteiger partial charge in [-0.25, -0.2) is 9.59 Å². The number of benzene rings is 3. The highest BCUT2D eigenvalue weighted by molar-refractivity contribution is 5.94. The molecule has 2 N–H and O–H groups in total. The van der Waals surface area contributed by atoms with Crippen LogP contribution in [-0.4, -0.2) is 23.2 Å². The molecule has 8 heteroatoms. The third-order valence-electron chi connectivity index (χ3n) is 5.05. The molecule has 0 saturated carbocycles. The topological polar surface area (TPSA) is 115 Å². The van der Waals surface area contributed by atoms with Gasteiger partial charge in [-0.15, -0.1) is 0 Å². The molecule has 1 heterocycles. The lowest BCUT2D eigenvalue weighted by Crippen LogP contribution is -2.42. The van der Waals surface area contributed by atoms with E-state index >= 15 is 0 Å². The number of phenols is 1. The van der Waals surface area contributed by atoms with Gasteiger partial charge >= 0.3 is 12.1 Å². The van der Waals surface area contributed by atoms with Crippen molar-refractivity contribution in [2.45, 2.75) is 26.0 Å². The molecule has 0 aliphatic rings. The van der Waals surface area contributed by atoms with Crippen molar-refractivity contribution < 1.29 is 28.6 Å². The number of rotatable bonds is 6. The smallest absolute Gasteiger partial charge is 0.408 e. The molecule has 4 aromatic rings. The van der Waals surface area contributed by atoms with Gasteiger partial charge in [-0.2, -0.15) is 0 Å². The summed E-state index contributed by atoms with van der Waals surface area (Å²) in [5.74, 6) is -1.16. The summed E-state index contributed by atoms with van der Waals surface area (Å²) in [6.45, 7) is 1.76. The van der Waals surface area contributed by atoms with E-state index in [1.54, 1.807) is 31.2 Å². The minimum Gasteiger partial charge on any atom is -0.507 e. The highest BCUT2D eigenvalue weighted by Crippen LogP contribution is 2.30. The van der Waals surface area contributed by atoms with Crippen molar-refractivity contribution in [3.63, 3.8) is 0 Å². The SMILES string of the molecule is CCC(NC(=O)OCc1ccccc1)C(=O)Oc1cc(O)c2c(=O)c3ccccc3oc2c1. The van der Waals surface area contributed by atoms with E-state index in [1.807, 2.05) is 30.3 Å². The minimum absolute atomic E-state index is 0.0110. The van der Waals surface area contributed by atoms with Crippen LogP contribution >= 0.6 is 0 Å². The van der Waals surface area contributed by atoms with E-state index in [1.165, 1.54) is 6.07 Å². The first-order chi connectivity index (χ1) is 16.0. The van der Waals surface area contributed by atoms with Crippen LogP contribution in [0.25, 0.3) is 21.9 Å². The molecule has 1 aromatic heterocycles. The van der Waals surface area contributed by atoms with Crippen LogP contribution in [0.3, 0.4) is 0 Å². The van der Waals surface area contributed by atoms with Gasteiger partial charge in [-0.05, 0) is 24.1 Å². The molecule has 4 rings (SSSR count). The molecule has 3 aromatic carbocycles. The van der Waals surface area contributed by atoms with Gasteiger partial charge in [0.15, 0.2) is 0 Å². The van der Waals surface area contributed by atoms with Crippen LogP contribution in [0.15, 0.2) is 75.9 Å². The fourth-order valence-corrected chi connectivity index (χ4v) is 3.36. The summed E-state index contributed by atoms with van der Waals surface area (Å²) in [6, 6.07) is 17.3.